The molecule has 0 aliphatic rings. The molecule has 3 heterocycles. The molecule has 84 valence electrons. The van der Waals surface area contributed by atoms with Gasteiger partial charge in [-0.15, -0.1) is 0 Å². The molecule has 0 aliphatic heterocycles. The van der Waals surface area contributed by atoms with Crippen LogP contribution in [0, 0.1) is 6.92 Å². The summed E-state index contributed by atoms with van der Waals surface area (Å²) in [4.78, 5) is 12.5. The number of aromatic nitrogens is 4. The SMILES string of the molecule is Cc1cc(-c2cccc3nccn23)nc(Cl)n1. The van der Waals surface area contributed by atoms with Crippen LogP contribution in [0.1, 0.15) is 5.69 Å². The monoisotopic (exact) mass is 244 g/mol. The summed E-state index contributed by atoms with van der Waals surface area (Å²) in [5.41, 5.74) is 3.48. The molecule has 0 saturated carbocycles. The lowest BCUT2D eigenvalue weighted by atomic mass is 10.2. The summed E-state index contributed by atoms with van der Waals surface area (Å²) >= 11 is 5.88. The van der Waals surface area contributed by atoms with Crippen molar-refractivity contribution in [2.45, 2.75) is 6.92 Å². The molecule has 0 saturated heterocycles. The number of fused-ring (bicyclic) bond motifs is 1. The van der Waals surface area contributed by atoms with Gasteiger partial charge in [-0.1, -0.05) is 6.07 Å². The number of nitrogens with zero attached hydrogens (tertiary/aromatic N) is 4. The molecule has 0 radical (unpaired) electrons. The molecule has 3 rings (SSSR count). The highest BCUT2D eigenvalue weighted by Crippen LogP contribution is 2.20. The van der Waals surface area contributed by atoms with E-state index in [1.54, 1.807) is 6.20 Å². The third-order valence-electron chi connectivity index (χ3n) is 2.52. The highest BCUT2D eigenvalue weighted by atomic mass is 35.5. The molecule has 0 aliphatic carbocycles. The first-order chi connectivity index (χ1) is 8.24. The van der Waals surface area contributed by atoms with E-state index in [2.05, 4.69) is 15.0 Å². The number of rotatable bonds is 1. The first kappa shape index (κ1) is 10.2. The predicted molar refractivity (Wildman–Crippen MR) is 66.0 cm³/mol. The van der Waals surface area contributed by atoms with Crippen molar-refractivity contribution < 1.29 is 0 Å². The van der Waals surface area contributed by atoms with Gasteiger partial charge in [0.25, 0.3) is 0 Å². The molecule has 0 N–H and O–H groups in total. The molecule has 0 unspecified atom stereocenters. The molecule has 4 nitrogen and oxygen atoms in total. The lowest BCUT2D eigenvalue weighted by molar-refractivity contribution is 1.08. The second-order valence-corrected chi connectivity index (χ2v) is 4.07. The second-order valence-electron chi connectivity index (χ2n) is 3.73. The Bertz CT molecular complexity index is 670. The minimum absolute atomic E-state index is 0.261. The molecule has 0 fully saturated rings. The fourth-order valence-electron chi connectivity index (χ4n) is 1.82. The zero-order chi connectivity index (χ0) is 11.8. The lowest BCUT2D eigenvalue weighted by Gasteiger charge is -2.05. The largest absolute Gasteiger partial charge is 0.298 e. The van der Waals surface area contributed by atoms with Gasteiger partial charge in [-0.25, -0.2) is 15.0 Å². The van der Waals surface area contributed by atoms with Crippen molar-refractivity contribution in [3.63, 3.8) is 0 Å². The molecular weight excluding hydrogens is 236 g/mol. The van der Waals surface area contributed by atoms with E-state index in [9.17, 15) is 0 Å². The van der Waals surface area contributed by atoms with Crippen LogP contribution in [-0.2, 0) is 0 Å². The fraction of sp³-hybridized carbons (Fsp3) is 0.0833. The molecule has 0 spiro atoms. The quantitative estimate of drug-likeness (QED) is 0.618. The van der Waals surface area contributed by atoms with E-state index in [1.165, 1.54) is 0 Å². The van der Waals surface area contributed by atoms with E-state index in [0.717, 1.165) is 22.7 Å². The Morgan fingerprint density at radius 3 is 2.94 bits per heavy atom. The van der Waals surface area contributed by atoms with Crippen molar-refractivity contribution in [3.8, 4) is 11.4 Å². The van der Waals surface area contributed by atoms with Gasteiger partial charge < -0.3 is 0 Å². The van der Waals surface area contributed by atoms with Crippen LogP contribution in [-0.4, -0.2) is 19.4 Å². The average Bonchev–Trinajstić information content (AvgIpc) is 2.75. The second kappa shape index (κ2) is 3.82. The lowest BCUT2D eigenvalue weighted by Crippen LogP contribution is -1.95. The van der Waals surface area contributed by atoms with Crippen LogP contribution in [0.25, 0.3) is 17.0 Å². The summed E-state index contributed by atoms with van der Waals surface area (Å²) in [5.74, 6) is 0. The van der Waals surface area contributed by atoms with Crippen molar-refractivity contribution in [1.82, 2.24) is 19.4 Å². The fourth-order valence-corrected chi connectivity index (χ4v) is 2.04. The van der Waals surface area contributed by atoms with Crippen LogP contribution in [0.5, 0.6) is 0 Å². The van der Waals surface area contributed by atoms with Crippen LogP contribution in [0.2, 0.25) is 5.28 Å². The highest BCUT2D eigenvalue weighted by molar-refractivity contribution is 6.28. The van der Waals surface area contributed by atoms with Gasteiger partial charge in [-0.05, 0) is 36.7 Å². The molecular formula is C12H9ClN4. The molecule has 3 aromatic rings. The van der Waals surface area contributed by atoms with Gasteiger partial charge in [0.15, 0.2) is 0 Å². The first-order valence-electron chi connectivity index (χ1n) is 5.18. The Labute approximate surface area is 103 Å². The Morgan fingerprint density at radius 1 is 1.24 bits per heavy atom. The van der Waals surface area contributed by atoms with E-state index in [1.807, 2.05) is 41.8 Å². The van der Waals surface area contributed by atoms with Crippen molar-refractivity contribution in [1.29, 1.82) is 0 Å². The summed E-state index contributed by atoms with van der Waals surface area (Å²) in [5, 5.41) is 0.261. The minimum atomic E-state index is 0.261. The maximum atomic E-state index is 5.88. The van der Waals surface area contributed by atoms with Gasteiger partial charge in [0, 0.05) is 18.1 Å². The third-order valence-corrected chi connectivity index (χ3v) is 2.69. The summed E-state index contributed by atoms with van der Waals surface area (Å²) < 4.78 is 1.97. The van der Waals surface area contributed by atoms with Gasteiger partial charge in [0.05, 0.1) is 11.4 Å². The van der Waals surface area contributed by atoms with E-state index >= 15 is 0 Å². The number of hydrogen-bond donors (Lipinski definition) is 0. The molecule has 0 bridgehead atoms. The Hall–Kier alpha value is -1.94. The van der Waals surface area contributed by atoms with Crippen LogP contribution in [0.15, 0.2) is 36.7 Å². The van der Waals surface area contributed by atoms with E-state index < -0.39 is 0 Å². The van der Waals surface area contributed by atoms with E-state index in [-0.39, 0.29) is 5.28 Å². The topological polar surface area (TPSA) is 43.1 Å². The molecule has 0 amide bonds. The number of halogens is 1. The van der Waals surface area contributed by atoms with Crippen LogP contribution >= 0.6 is 11.6 Å². The highest BCUT2D eigenvalue weighted by Gasteiger charge is 2.07. The number of hydrogen-bond acceptors (Lipinski definition) is 3. The molecule has 0 atom stereocenters. The van der Waals surface area contributed by atoms with Crippen molar-refractivity contribution in [2.24, 2.45) is 0 Å². The Kier molecular flexibility index (Phi) is 2.30. The molecule has 0 aromatic carbocycles. The Morgan fingerprint density at radius 2 is 2.12 bits per heavy atom. The molecule has 3 aromatic heterocycles. The number of pyridine rings is 1. The van der Waals surface area contributed by atoms with Gasteiger partial charge >= 0.3 is 0 Å². The zero-order valence-corrected chi connectivity index (χ0v) is 9.89. The standard InChI is InChI=1S/C12H9ClN4/c1-8-7-9(16-12(13)15-8)10-3-2-4-11-14-5-6-17(10)11/h2-7H,1H3. The smallest absolute Gasteiger partial charge is 0.223 e. The van der Waals surface area contributed by atoms with Crippen molar-refractivity contribution >= 4 is 17.2 Å². The van der Waals surface area contributed by atoms with E-state index in [4.69, 9.17) is 11.6 Å². The van der Waals surface area contributed by atoms with Gasteiger partial charge in [0.1, 0.15) is 5.65 Å². The van der Waals surface area contributed by atoms with Crippen molar-refractivity contribution in [3.05, 3.63) is 47.6 Å². The minimum Gasteiger partial charge on any atom is -0.298 e. The number of aryl methyl sites for hydroxylation is 1. The predicted octanol–water partition coefficient (Wildman–Crippen LogP) is 2.75. The maximum absolute atomic E-state index is 5.88. The normalized spacial score (nSPS) is 10.9. The maximum Gasteiger partial charge on any atom is 0.223 e. The van der Waals surface area contributed by atoms with Crippen LogP contribution in [0.3, 0.4) is 0 Å². The third kappa shape index (κ3) is 1.76. The van der Waals surface area contributed by atoms with Gasteiger partial charge in [-0.3, -0.25) is 4.40 Å². The summed E-state index contributed by atoms with van der Waals surface area (Å²) in [6, 6.07) is 7.77. The van der Waals surface area contributed by atoms with Crippen LogP contribution in [0.4, 0.5) is 0 Å². The Balaban J connectivity index is 2.30. The molecule has 17 heavy (non-hydrogen) atoms. The summed E-state index contributed by atoms with van der Waals surface area (Å²) in [6.07, 6.45) is 3.66. The zero-order valence-electron chi connectivity index (χ0n) is 9.13. The van der Waals surface area contributed by atoms with Crippen LogP contribution < -0.4 is 0 Å². The first-order valence-corrected chi connectivity index (χ1v) is 5.55. The van der Waals surface area contributed by atoms with Gasteiger partial charge in [0.2, 0.25) is 5.28 Å². The average molecular weight is 245 g/mol. The summed E-state index contributed by atoms with van der Waals surface area (Å²) in [7, 11) is 0. The molecule has 5 heteroatoms. The number of imidazole rings is 1. The van der Waals surface area contributed by atoms with Crippen molar-refractivity contribution in [2.75, 3.05) is 0 Å². The summed E-state index contributed by atoms with van der Waals surface area (Å²) in [6.45, 7) is 1.89. The van der Waals surface area contributed by atoms with E-state index in [0.29, 0.717) is 0 Å². The van der Waals surface area contributed by atoms with Gasteiger partial charge in [-0.2, -0.15) is 0 Å².